The van der Waals surface area contributed by atoms with Crippen LogP contribution in [-0.2, 0) is 0 Å². The van der Waals surface area contributed by atoms with E-state index in [2.05, 4.69) is 20.8 Å². The van der Waals surface area contributed by atoms with Crippen molar-refractivity contribution in [3.05, 3.63) is 0 Å². The first-order valence-corrected chi connectivity index (χ1v) is 13.4. The fourth-order valence-electron chi connectivity index (χ4n) is 9.30. The molecule has 4 rings (SSSR count). The SMILES string of the molecule is C[C@H](CCCC(CO)CO)[C@H]1CC[C@H]2[C@@H]3C(O)CC4CC(O)CC[C@]4(C)[C@H]3CC(O)[C@]12C. The molecule has 4 saturated carbocycles. The molecule has 0 spiro atoms. The smallest absolute Gasteiger partial charge is 0.0602 e. The summed E-state index contributed by atoms with van der Waals surface area (Å²) in [5, 5.41) is 52.0. The highest BCUT2D eigenvalue weighted by molar-refractivity contribution is 5.14. The molecule has 0 radical (unpaired) electrons. The molecule has 4 fully saturated rings. The van der Waals surface area contributed by atoms with Crippen molar-refractivity contribution in [1.29, 1.82) is 0 Å². The van der Waals surface area contributed by atoms with Crippen molar-refractivity contribution in [2.24, 2.45) is 52.3 Å². The van der Waals surface area contributed by atoms with Gasteiger partial charge in [0.15, 0.2) is 0 Å². The van der Waals surface area contributed by atoms with Crippen LogP contribution in [0, 0.1) is 52.3 Å². The molecular weight excluding hydrogens is 404 g/mol. The van der Waals surface area contributed by atoms with Crippen LogP contribution in [0.5, 0.6) is 0 Å². The second-order valence-electron chi connectivity index (χ2n) is 12.7. The zero-order chi connectivity index (χ0) is 23.3. The maximum absolute atomic E-state index is 11.6. The van der Waals surface area contributed by atoms with Crippen molar-refractivity contribution in [2.45, 2.75) is 103 Å². The van der Waals surface area contributed by atoms with Crippen LogP contribution in [0.4, 0.5) is 0 Å². The lowest BCUT2D eigenvalue weighted by Gasteiger charge is -2.63. The third-order valence-electron chi connectivity index (χ3n) is 11.3. The Labute approximate surface area is 194 Å². The van der Waals surface area contributed by atoms with E-state index in [0.29, 0.717) is 29.6 Å². The van der Waals surface area contributed by atoms with Crippen molar-refractivity contribution >= 4 is 0 Å². The Morgan fingerprint density at radius 2 is 1.59 bits per heavy atom. The zero-order valence-electron chi connectivity index (χ0n) is 20.5. The highest BCUT2D eigenvalue weighted by atomic mass is 16.3. The Balaban J connectivity index is 1.50. The minimum atomic E-state index is -0.332. The van der Waals surface area contributed by atoms with Crippen LogP contribution in [-0.4, -0.2) is 57.1 Å². The van der Waals surface area contributed by atoms with Gasteiger partial charge in [-0.3, -0.25) is 0 Å². The minimum absolute atomic E-state index is 0.0183. The van der Waals surface area contributed by atoms with Crippen molar-refractivity contribution in [2.75, 3.05) is 13.2 Å². The van der Waals surface area contributed by atoms with E-state index in [1.54, 1.807) is 0 Å². The van der Waals surface area contributed by atoms with Gasteiger partial charge in [0.1, 0.15) is 0 Å². The quantitative estimate of drug-likeness (QED) is 0.408. The van der Waals surface area contributed by atoms with E-state index in [9.17, 15) is 25.5 Å². The Kier molecular flexibility index (Phi) is 7.36. The van der Waals surface area contributed by atoms with Gasteiger partial charge in [-0.05, 0) is 97.7 Å². The van der Waals surface area contributed by atoms with Crippen LogP contribution in [0.2, 0.25) is 0 Å². The second-order valence-corrected chi connectivity index (χ2v) is 12.7. The standard InChI is InChI=1S/C27H48O5/c1-16(5-4-6-17(14-28)15-29)20-7-8-21-25-22(13-24(32)27(20,21)3)26(2)10-9-19(30)11-18(26)12-23(25)31/h16-25,28-32H,4-15H2,1-3H3/t16-,18?,19?,20-,21+,22+,23?,24?,25+,26+,27-/m1/s1. The maximum Gasteiger partial charge on any atom is 0.0602 e. The summed E-state index contributed by atoms with van der Waals surface area (Å²) in [7, 11) is 0. The van der Waals surface area contributed by atoms with E-state index in [-0.39, 0.29) is 54.2 Å². The van der Waals surface area contributed by atoms with Crippen LogP contribution in [0.1, 0.15) is 85.0 Å². The van der Waals surface area contributed by atoms with Crippen LogP contribution >= 0.6 is 0 Å². The molecule has 0 aromatic carbocycles. The first-order chi connectivity index (χ1) is 15.2. The molecule has 0 aromatic heterocycles. The summed E-state index contributed by atoms with van der Waals surface area (Å²) in [6.45, 7) is 7.11. The Morgan fingerprint density at radius 1 is 0.875 bits per heavy atom. The number of hydrogen-bond donors (Lipinski definition) is 5. The fraction of sp³-hybridized carbons (Fsp3) is 1.00. The maximum atomic E-state index is 11.6. The molecule has 5 nitrogen and oxygen atoms in total. The van der Waals surface area contributed by atoms with Gasteiger partial charge in [-0.2, -0.15) is 0 Å². The van der Waals surface area contributed by atoms with E-state index >= 15 is 0 Å². The highest BCUT2D eigenvalue weighted by Crippen LogP contribution is 2.68. The summed E-state index contributed by atoms with van der Waals surface area (Å²) in [6, 6.07) is 0. The minimum Gasteiger partial charge on any atom is -0.396 e. The zero-order valence-corrected chi connectivity index (χ0v) is 20.5. The van der Waals surface area contributed by atoms with Gasteiger partial charge in [0.25, 0.3) is 0 Å². The van der Waals surface area contributed by atoms with Crippen LogP contribution in [0.3, 0.4) is 0 Å². The second kappa shape index (κ2) is 9.45. The first-order valence-electron chi connectivity index (χ1n) is 13.4. The monoisotopic (exact) mass is 452 g/mol. The molecule has 5 heteroatoms. The lowest BCUT2D eigenvalue weighted by molar-refractivity contribution is -0.207. The van der Waals surface area contributed by atoms with Crippen LogP contribution in [0.15, 0.2) is 0 Å². The summed E-state index contributed by atoms with van der Waals surface area (Å²) in [5.74, 6) is 2.27. The molecule has 0 heterocycles. The molecule has 32 heavy (non-hydrogen) atoms. The van der Waals surface area contributed by atoms with Gasteiger partial charge in [0.2, 0.25) is 0 Å². The Hall–Kier alpha value is -0.200. The van der Waals surface area contributed by atoms with E-state index in [0.717, 1.165) is 64.2 Å². The number of rotatable bonds is 7. The molecule has 4 aliphatic carbocycles. The summed E-state index contributed by atoms with van der Waals surface area (Å²) in [5.41, 5.74) is -0.0228. The topological polar surface area (TPSA) is 101 Å². The van der Waals surface area contributed by atoms with Gasteiger partial charge >= 0.3 is 0 Å². The average molecular weight is 453 g/mol. The van der Waals surface area contributed by atoms with Gasteiger partial charge in [0, 0.05) is 19.1 Å². The highest BCUT2D eigenvalue weighted by Gasteiger charge is 2.65. The van der Waals surface area contributed by atoms with Gasteiger partial charge in [-0.25, -0.2) is 0 Å². The predicted octanol–water partition coefficient (Wildman–Crippen LogP) is 3.36. The molecule has 4 unspecified atom stereocenters. The Morgan fingerprint density at radius 3 is 2.28 bits per heavy atom. The molecule has 0 amide bonds. The van der Waals surface area contributed by atoms with E-state index in [4.69, 9.17) is 0 Å². The Bertz CT molecular complexity index is 638. The number of fused-ring (bicyclic) bond motifs is 5. The van der Waals surface area contributed by atoms with Crippen molar-refractivity contribution in [3.63, 3.8) is 0 Å². The molecule has 11 atom stereocenters. The third kappa shape index (κ3) is 3.98. The van der Waals surface area contributed by atoms with Crippen molar-refractivity contribution in [3.8, 4) is 0 Å². The third-order valence-corrected chi connectivity index (χ3v) is 11.3. The number of aliphatic hydroxyl groups excluding tert-OH is 5. The molecule has 0 bridgehead atoms. The van der Waals surface area contributed by atoms with E-state index in [1.165, 1.54) is 0 Å². The predicted molar refractivity (Wildman–Crippen MR) is 125 cm³/mol. The van der Waals surface area contributed by atoms with E-state index < -0.39 is 0 Å². The fourth-order valence-corrected chi connectivity index (χ4v) is 9.30. The van der Waals surface area contributed by atoms with Crippen LogP contribution < -0.4 is 0 Å². The first kappa shape index (κ1) is 24.9. The van der Waals surface area contributed by atoms with Gasteiger partial charge in [-0.15, -0.1) is 0 Å². The average Bonchev–Trinajstić information content (AvgIpc) is 3.12. The molecule has 0 aromatic rings. The molecule has 0 aliphatic heterocycles. The summed E-state index contributed by atoms with van der Waals surface area (Å²) in [6.07, 6.45) is 8.51. The van der Waals surface area contributed by atoms with Gasteiger partial charge in [-0.1, -0.05) is 33.6 Å². The normalized spacial score (nSPS) is 49.4. The number of aliphatic hydroxyl groups is 5. The summed E-state index contributed by atoms with van der Waals surface area (Å²) in [4.78, 5) is 0. The molecular formula is C27H48O5. The summed E-state index contributed by atoms with van der Waals surface area (Å²) < 4.78 is 0. The number of hydrogen-bond acceptors (Lipinski definition) is 5. The lowest BCUT2D eigenvalue weighted by atomic mass is 9.43. The lowest BCUT2D eigenvalue weighted by Crippen LogP contribution is -2.62. The van der Waals surface area contributed by atoms with Gasteiger partial charge in [0.05, 0.1) is 18.3 Å². The van der Waals surface area contributed by atoms with Crippen LogP contribution in [0.25, 0.3) is 0 Å². The van der Waals surface area contributed by atoms with Gasteiger partial charge < -0.3 is 25.5 Å². The summed E-state index contributed by atoms with van der Waals surface area (Å²) >= 11 is 0. The van der Waals surface area contributed by atoms with Crippen molar-refractivity contribution in [1.82, 2.24) is 0 Å². The molecule has 5 N–H and O–H groups in total. The van der Waals surface area contributed by atoms with E-state index in [1.807, 2.05) is 0 Å². The van der Waals surface area contributed by atoms with Crippen molar-refractivity contribution < 1.29 is 25.5 Å². The molecule has 4 aliphatic rings. The largest absolute Gasteiger partial charge is 0.396 e. The molecule has 186 valence electrons. The molecule has 0 saturated heterocycles.